The Hall–Kier alpha value is -3.11. The van der Waals surface area contributed by atoms with E-state index < -0.39 is 16.0 Å². The lowest BCUT2D eigenvalue weighted by Gasteiger charge is -2.31. The third kappa shape index (κ3) is 5.34. The van der Waals surface area contributed by atoms with E-state index in [-0.39, 0.29) is 41.4 Å². The lowest BCUT2D eigenvalue weighted by molar-refractivity contribution is -0.126. The lowest BCUT2D eigenvalue weighted by Crippen LogP contribution is -2.43. The number of carbonyl (C=O) groups is 2. The fourth-order valence-electron chi connectivity index (χ4n) is 4.05. The molecule has 9 nitrogen and oxygen atoms in total. The van der Waals surface area contributed by atoms with Gasteiger partial charge in [-0.15, -0.1) is 0 Å². The van der Waals surface area contributed by atoms with Gasteiger partial charge >= 0.3 is 5.97 Å². The number of ether oxygens (including phenoxy) is 3. The maximum atomic E-state index is 13.2. The number of hydrogen-bond donors (Lipinski definition) is 1. The van der Waals surface area contributed by atoms with Gasteiger partial charge in [0.05, 0.1) is 37.8 Å². The van der Waals surface area contributed by atoms with Crippen LogP contribution in [0.15, 0.2) is 47.4 Å². The molecule has 3 rings (SSSR count). The first kappa shape index (κ1) is 25.5. The molecule has 1 heterocycles. The number of sulfonamides is 1. The Kier molecular flexibility index (Phi) is 8.16. The predicted octanol–water partition coefficient (Wildman–Crippen LogP) is 2.77. The van der Waals surface area contributed by atoms with E-state index >= 15 is 0 Å². The molecular weight excluding hydrogens is 460 g/mol. The number of nitrogens with zero attached hydrogens (tertiary/aromatic N) is 1. The van der Waals surface area contributed by atoms with Crippen LogP contribution in [0.25, 0.3) is 0 Å². The Morgan fingerprint density at radius 1 is 1.03 bits per heavy atom. The summed E-state index contributed by atoms with van der Waals surface area (Å²) in [7, 11) is 0.427. The molecule has 2 aromatic rings. The summed E-state index contributed by atoms with van der Waals surface area (Å²) in [5, 5.41) is 3.01. The maximum absolute atomic E-state index is 13.2. The average Bonchev–Trinajstić information content (AvgIpc) is 2.87. The summed E-state index contributed by atoms with van der Waals surface area (Å²) in [6, 6.07) is 11.1. The van der Waals surface area contributed by atoms with Crippen molar-refractivity contribution in [2.24, 2.45) is 5.92 Å². The molecule has 0 aliphatic carbocycles. The van der Waals surface area contributed by atoms with Crippen molar-refractivity contribution in [1.29, 1.82) is 0 Å². The smallest absolute Gasteiger partial charge is 0.339 e. The first-order chi connectivity index (χ1) is 16.2. The molecule has 1 saturated heterocycles. The van der Waals surface area contributed by atoms with Gasteiger partial charge in [0.15, 0.2) is 0 Å². The Labute approximate surface area is 200 Å². The van der Waals surface area contributed by atoms with Crippen LogP contribution < -0.4 is 14.8 Å². The van der Waals surface area contributed by atoms with Crippen LogP contribution in [0, 0.1) is 5.92 Å². The summed E-state index contributed by atoms with van der Waals surface area (Å²) in [5.41, 5.74) is 0.809. The van der Waals surface area contributed by atoms with Gasteiger partial charge < -0.3 is 19.5 Å². The highest BCUT2D eigenvalue weighted by Gasteiger charge is 2.34. The van der Waals surface area contributed by atoms with E-state index in [1.54, 1.807) is 38.5 Å². The fourth-order valence-corrected chi connectivity index (χ4v) is 5.70. The number of piperidine rings is 1. The number of methoxy groups -OCH3 is 3. The Morgan fingerprint density at radius 3 is 2.32 bits per heavy atom. The van der Waals surface area contributed by atoms with Gasteiger partial charge in [0, 0.05) is 30.6 Å². The van der Waals surface area contributed by atoms with E-state index in [2.05, 4.69) is 5.32 Å². The molecule has 1 unspecified atom stereocenters. The third-order valence-electron chi connectivity index (χ3n) is 6.00. The molecule has 0 aromatic heterocycles. The molecular formula is C24H30N2O7S. The van der Waals surface area contributed by atoms with Gasteiger partial charge in [-0.1, -0.05) is 12.1 Å². The van der Waals surface area contributed by atoms with Crippen molar-refractivity contribution in [2.75, 3.05) is 34.4 Å². The number of benzene rings is 2. The number of nitrogens with one attached hydrogen (secondary N) is 1. The summed E-state index contributed by atoms with van der Waals surface area (Å²) in [6.07, 6.45) is 0.746. The summed E-state index contributed by atoms with van der Waals surface area (Å²) >= 11 is 0. The molecule has 1 fully saturated rings. The highest BCUT2D eigenvalue weighted by atomic mass is 32.2. The molecule has 1 amide bonds. The van der Waals surface area contributed by atoms with Crippen LogP contribution >= 0.6 is 0 Å². The quantitative estimate of drug-likeness (QED) is 0.567. The molecule has 1 atom stereocenters. The van der Waals surface area contributed by atoms with Crippen molar-refractivity contribution in [3.63, 3.8) is 0 Å². The molecule has 1 aliphatic heterocycles. The van der Waals surface area contributed by atoms with Gasteiger partial charge in [-0.25, -0.2) is 13.2 Å². The van der Waals surface area contributed by atoms with Crippen molar-refractivity contribution in [3.05, 3.63) is 53.6 Å². The predicted molar refractivity (Wildman–Crippen MR) is 125 cm³/mol. The molecule has 10 heteroatoms. The topological polar surface area (TPSA) is 111 Å². The monoisotopic (exact) mass is 490 g/mol. The molecule has 0 radical (unpaired) electrons. The van der Waals surface area contributed by atoms with E-state index in [0.29, 0.717) is 24.3 Å². The highest BCUT2D eigenvalue weighted by Crippen LogP contribution is 2.31. The van der Waals surface area contributed by atoms with Gasteiger partial charge in [-0.05, 0) is 44.0 Å². The molecule has 2 aromatic carbocycles. The SMILES string of the molecule is COC(=O)c1ccccc1S(=O)(=O)N1CCC(C(=O)NC(C)c2ccc(OC)cc2OC)CC1. The van der Waals surface area contributed by atoms with Crippen molar-refractivity contribution < 1.29 is 32.2 Å². The van der Waals surface area contributed by atoms with Gasteiger partial charge in [0.25, 0.3) is 0 Å². The summed E-state index contributed by atoms with van der Waals surface area (Å²) < 4.78 is 43.0. The highest BCUT2D eigenvalue weighted by molar-refractivity contribution is 7.89. The standard InChI is InChI=1S/C24H30N2O7S/c1-16(19-10-9-18(31-2)15-21(19)32-3)25-23(27)17-11-13-26(14-12-17)34(29,30)22-8-6-5-7-20(22)24(28)33-4/h5-10,15-17H,11-14H2,1-4H3,(H,25,27). The number of esters is 1. The van der Waals surface area contributed by atoms with Gasteiger partial charge in [0.1, 0.15) is 11.5 Å². The average molecular weight is 491 g/mol. The summed E-state index contributed by atoms with van der Waals surface area (Å²) in [5.74, 6) is 0.0848. The van der Waals surface area contributed by atoms with Gasteiger partial charge in [0.2, 0.25) is 15.9 Å². The number of amides is 1. The van der Waals surface area contributed by atoms with Crippen LogP contribution in [0.3, 0.4) is 0 Å². The van der Waals surface area contributed by atoms with Crippen LogP contribution in [0.5, 0.6) is 11.5 Å². The van der Waals surface area contributed by atoms with Crippen molar-refractivity contribution in [1.82, 2.24) is 9.62 Å². The van der Waals surface area contributed by atoms with Crippen LogP contribution in [-0.2, 0) is 19.6 Å². The zero-order chi connectivity index (χ0) is 24.9. The van der Waals surface area contributed by atoms with Crippen LogP contribution in [0.1, 0.15) is 41.7 Å². The van der Waals surface area contributed by atoms with E-state index in [1.807, 2.05) is 13.0 Å². The van der Waals surface area contributed by atoms with Crippen LogP contribution in [-0.4, -0.2) is 59.0 Å². The van der Waals surface area contributed by atoms with Crippen LogP contribution in [0.4, 0.5) is 0 Å². The number of carbonyl (C=O) groups excluding carboxylic acids is 2. The number of hydrogen-bond acceptors (Lipinski definition) is 7. The zero-order valence-electron chi connectivity index (χ0n) is 19.7. The Morgan fingerprint density at radius 2 is 1.71 bits per heavy atom. The Balaban J connectivity index is 1.66. The minimum Gasteiger partial charge on any atom is -0.497 e. The second-order valence-corrected chi connectivity index (χ2v) is 9.91. The second-order valence-electron chi connectivity index (χ2n) is 8.00. The Bertz CT molecular complexity index is 1140. The van der Waals surface area contributed by atoms with Crippen LogP contribution in [0.2, 0.25) is 0 Å². The maximum Gasteiger partial charge on any atom is 0.339 e. The lowest BCUT2D eigenvalue weighted by atomic mass is 9.96. The van der Waals surface area contributed by atoms with E-state index in [4.69, 9.17) is 14.2 Å². The van der Waals surface area contributed by atoms with Gasteiger partial charge in [-0.3, -0.25) is 4.79 Å². The molecule has 0 spiro atoms. The van der Waals surface area contributed by atoms with E-state index in [9.17, 15) is 18.0 Å². The van der Waals surface area contributed by atoms with Crippen molar-refractivity contribution >= 4 is 21.9 Å². The zero-order valence-corrected chi connectivity index (χ0v) is 20.6. The largest absolute Gasteiger partial charge is 0.497 e. The minimum atomic E-state index is -3.91. The van der Waals surface area contributed by atoms with Crippen molar-refractivity contribution in [2.45, 2.75) is 30.7 Å². The summed E-state index contributed by atoms with van der Waals surface area (Å²) in [6.45, 7) is 2.22. The van der Waals surface area contributed by atoms with Gasteiger partial charge in [-0.2, -0.15) is 4.31 Å². The molecule has 1 aliphatic rings. The normalized spacial score (nSPS) is 15.9. The van der Waals surface area contributed by atoms with E-state index in [0.717, 1.165) is 5.56 Å². The third-order valence-corrected chi connectivity index (χ3v) is 7.96. The van der Waals surface area contributed by atoms with Crippen molar-refractivity contribution in [3.8, 4) is 11.5 Å². The van der Waals surface area contributed by atoms with E-state index in [1.165, 1.54) is 23.5 Å². The first-order valence-electron chi connectivity index (χ1n) is 10.9. The first-order valence-corrected chi connectivity index (χ1v) is 12.4. The molecule has 0 bridgehead atoms. The molecule has 184 valence electrons. The summed E-state index contributed by atoms with van der Waals surface area (Å²) in [4.78, 5) is 24.8. The minimum absolute atomic E-state index is 0.00729. The number of rotatable bonds is 8. The molecule has 0 saturated carbocycles. The fraction of sp³-hybridized carbons (Fsp3) is 0.417. The molecule has 34 heavy (non-hydrogen) atoms. The molecule has 1 N–H and O–H groups in total. The second kappa shape index (κ2) is 10.9.